The smallest absolute Gasteiger partial charge is 0.393 e. The van der Waals surface area contributed by atoms with Gasteiger partial charge in [-0.3, -0.25) is 4.79 Å². The number of carbonyl (C=O) groups is 1. The second-order valence-corrected chi connectivity index (χ2v) is 8.38. The van der Waals surface area contributed by atoms with Gasteiger partial charge in [-0.15, -0.1) is 0 Å². The molecular weight excluding hydrogens is 359 g/mol. The Morgan fingerprint density at radius 3 is 1.96 bits per heavy atom. The van der Waals surface area contributed by atoms with Crippen molar-refractivity contribution in [1.82, 2.24) is 4.31 Å². The Kier molecular flexibility index (Phi) is 4.95. The summed E-state index contributed by atoms with van der Waals surface area (Å²) in [5, 5.41) is 9.08. The number of sulfonamides is 1. The van der Waals surface area contributed by atoms with Crippen LogP contribution in [0.2, 0.25) is 0 Å². The van der Waals surface area contributed by atoms with Gasteiger partial charge in [0, 0.05) is 13.1 Å². The van der Waals surface area contributed by atoms with E-state index in [-0.39, 0.29) is 4.90 Å². The number of aliphatic carboxylic acids is 1. The normalized spacial score (nSPS) is 22.4. The zero-order chi connectivity index (χ0) is 19.3. The third-order valence-corrected chi connectivity index (χ3v) is 7.03. The summed E-state index contributed by atoms with van der Waals surface area (Å²) in [6.45, 7) is 5.08. The first-order valence-electron chi connectivity index (χ1n) is 7.65. The van der Waals surface area contributed by atoms with Gasteiger partial charge in [0.2, 0.25) is 10.0 Å². The molecule has 0 unspecified atom stereocenters. The molecule has 1 fully saturated rings. The highest BCUT2D eigenvalue weighted by Gasteiger charge is 2.55. The molecule has 1 N–H and O–H groups in total. The number of aryl methyl sites for hydroxylation is 2. The first-order chi connectivity index (χ1) is 11.3. The van der Waals surface area contributed by atoms with Gasteiger partial charge in [-0.2, -0.15) is 17.5 Å². The van der Waals surface area contributed by atoms with Crippen LogP contribution < -0.4 is 0 Å². The van der Waals surface area contributed by atoms with Crippen LogP contribution >= 0.6 is 0 Å². The van der Waals surface area contributed by atoms with E-state index in [1.807, 2.05) is 6.07 Å². The van der Waals surface area contributed by atoms with Crippen molar-refractivity contribution in [2.45, 2.75) is 38.8 Å². The van der Waals surface area contributed by atoms with Gasteiger partial charge in [0.1, 0.15) is 0 Å². The number of hydrogen-bond donors (Lipinski definition) is 1. The number of rotatable bonds is 3. The molecule has 1 aliphatic heterocycles. The molecule has 0 radical (unpaired) electrons. The van der Waals surface area contributed by atoms with Gasteiger partial charge in [0.05, 0.1) is 16.7 Å². The van der Waals surface area contributed by atoms with Crippen LogP contribution in [0.5, 0.6) is 0 Å². The molecule has 1 aliphatic rings. The lowest BCUT2D eigenvalue weighted by Crippen LogP contribution is -2.34. The molecule has 25 heavy (non-hydrogen) atoms. The van der Waals surface area contributed by atoms with E-state index in [0.29, 0.717) is 26.6 Å². The van der Waals surface area contributed by atoms with Crippen LogP contribution in [-0.4, -0.2) is 43.1 Å². The lowest BCUT2D eigenvalue weighted by molar-refractivity contribution is -0.187. The molecule has 1 aromatic rings. The maximum absolute atomic E-state index is 13.1. The largest absolute Gasteiger partial charge is 0.481 e. The summed E-state index contributed by atoms with van der Waals surface area (Å²) in [7, 11) is -4.23. The van der Waals surface area contributed by atoms with Crippen LogP contribution in [0, 0.1) is 39.5 Å². The lowest BCUT2D eigenvalue weighted by Gasteiger charge is -2.22. The molecule has 0 aromatic heterocycles. The summed E-state index contributed by atoms with van der Waals surface area (Å²) in [5.74, 6) is -5.67. The number of halogens is 3. The summed E-state index contributed by atoms with van der Waals surface area (Å²) in [6, 6.07) is 1.81. The van der Waals surface area contributed by atoms with Crippen LogP contribution in [0.15, 0.2) is 11.0 Å². The Bertz CT molecular complexity index is 791. The van der Waals surface area contributed by atoms with E-state index in [0.717, 1.165) is 0 Å². The molecule has 5 nitrogen and oxygen atoms in total. The van der Waals surface area contributed by atoms with Crippen LogP contribution in [0.25, 0.3) is 0 Å². The van der Waals surface area contributed by atoms with E-state index in [1.54, 1.807) is 27.7 Å². The summed E-state index contributed by atoms with van der Waals surface area (Å²) < 4.78 is 66.0. The number of alkyl halides is 3. The van der Waals surface area contributed by atoms with Gasteiger partial charge in [-0.05, 0) is 49.9 Å². The van der Waals surface area contributed by atoms with Crippen molar-refractivity contribution in [2.24, 2.45) is 11.8 Å². The number of carboxylic acid groups (broad SMARTS) is 1. The summed E-state index contributed by atoms with van der Waals surface area (Å²) in [4.78, 5) is 11.2. The minimum Gasteiger partial charge on any atom is -0.481 e. The van der Waals surface area contributed by atoms with Crippen molar-refractivity contribution in [2.75, 3.05) is 13.1 Å². The highest BCUT2D eigenvalue weighted by atomic mass is 32.2. The van der Waals surface area contributed by atoms with E-state index in [1.165, 1.54) is 0 Å². The minimum atomic E-state index is -4.78. The highest BCUT2D eigenvalue weighted by molar-refractivity contribution is 7.89. The van der Waals surface area contributed by atoms with Crippen LogP contribution in [0.4, 0.5) is 13.2 Å². The van der Waals surface area contributed by atoms with Gasteiger partial charge < -0.3 is 5.11 Å². The third kappa shape index (κ3) is 3.39. The summed E-state index contributed by atoms with van der Waals surface area (Å²) in [6.07, 6.45) is -4.78. The predicted molar refractivity (Wildman–Crippen MR) is 84.8 cm³/mol. The Hall–Kier alpha value is -1.61. The van der Waals surface area contributed by atoms with Crippen molar-refractivity contribution in [3.63, 3.8) is 0 Å². The van der Waals surface area contributed by atoms with Gasteiger partial charge in [0.25, 0.3) is 0 Å². The van der Waals surface area contributed by atoms with Gasteiger partial charge in [-0.1, -0.05) is 6.07 Å². The SMILES string of the molecule is Cc1cc(C)c(C)c(S(=O)(=O)N2C[C@@H](C(F)(F)F)[C@H](C(=O)O)C2)c1C. The van der Waals surface area contributed by atoms with Gasteiger partial charge >= 0.3 is 12.1 Å². The van der Waals surface area contributed by atoms with Crippen molar-refractivity contribution < 1.29 is 31.5 Å². The lowest BCUT2D eigenvalue weighted by atomic mass is 9.96. The number of benzene rings is 1. The van der Waals surface area contributed by atoms with E-state index in [2.05, 4.69) is 0 Å². The van der Waals surface area contributed by atoms with Crippen LogP contribution in [0.1, 0.15) is 22.3 Å². The van der Waals surface area contributed by atoms with E-state index < -0.39 is 47.1 Å². The molecular formula is C16H20F3NO4S. The standard InChI is InChI=1S/C16H20F3NO4S/c1-8-5-9(2)11(4)14(10(8)3)25(23,24)20-6-12(15(21)22)13(7-20)16(17,18)19/h5,12-13H,6-7H2,1-4H3,(H,21,22)/t12-,13-/m1/s1. The molecule has 1 aromatic carbocycles. The fourth-order valence-electron chi connectivity index (χ4n) is 3.24. The van der Waals surface area contributed by atoms with Crippen LogP contribution in [0.3, 0.4) is 0 Å². The minimum absolute atomic E-state index is 0.0306. The average molecular weight is 379 g/mol. The van der Waals surface area contributed by atoms with Crippen molar-refractivity contribution in [3.8, 4) is 0 Å². The molecule has 0 amide bonds. The molecule has 140 valence electrons. The Balaban J connectivity index is 2.54. The molecule has 9 heteroatoms. The number of nitrogens with zero attached hydrogens (tertiary/aromatic N) is 1. The molecule has 2 atom stereocenters. The fourth-order valence-corrected chi connectivity index (χ4v) is 5.31. The summed E-state index contributed by atoms with van der Waals surface area (Å²) in [5.41, 5.74) is 2.35. The van der Waals surface area contributed by atoms with Gasteiger partial charge in [-0.25, -0.2) is 8.42 Å². The second-order valence-electron chi connectivity index (χ2n) is 6.50. The number of hydrogen-bond acceptors (Lipinski definition) is 3. The molecule has 0 aliphatic carbocycles. The number of carboxylic acids is 1. The fraction of sp³-hybridized carbons (Fsp3) is 0.562. The monoisotopic (exact) mass is 379 g/mol. The predicted octanol–water partition coefficient (Wildman–Crippen LogP) is 2.80. The molecule has 1 heterocycles. The molecule has 0 bridgehead atoms. The Labute approximate surface area is 144 Å². The van der Waals surface area contributed by atoms with Crippen molar-refractivity contribution in [1.29, 1.82) is 0 Å². The first kappa shape index (κ1) is 19.7. The maximum atomic E-state index is 13.1. The topological polar surface area (TPSA) is 74.7 Å². The average Bonchev–Trinajstić information content (AvgIpc) is 2.91. The zero-order valence-electron chi connectivity index (χ0n) is 14.3. The molecule has 0 spiro atoms. The molecule has 2 rings (SSSR count). The molecule has 0 saturated carbocycles. The molecule has 1 saturated heterocycles. The highest BCUT2D eigenvalue weighted by Crippen LogP contribution is 2.40. The van der Waals surface area contributed by atoms with E-state index in [4.69, 9.17) is 5.11 Å². The Morgan fingerprint density at radius 2 is 1.60 bits per heavy atom. The first-order valence-corrected chi connectivity index (χ1v) is 9.09. The second kappa shape index (κ2) is 6.28. The van der Waals surface area contributed by atoms with Crippen molar-refractivity contribution in [3.05, 3.63) is 28.3 Å². The maximum Gasteiger partial charge on any atom is 0.393 e. The van der Waals surface area contributed by atoms with Crippen molar-refractivity contribution >= 4 is 16.0 Å². The van der Waals surface area contributed by atoms with E-state index >= 15 is 0 Å². The Morgan fingerprint density at radius 1 is 1.12 bits per heavy atom. The zero-order valence-corrected chi connectivity index (χ0v) is 15.1. The summed E-state index contributed by atoms with van der Waals surface area (Å²) >= 11 is 0. The quantitative estimate of drug-likeness (QED) is 0.876. The third-order valence-electron chi connectivity index (χ3n) is 4.92. The van der Waals surface area contributed by atoms with Crippen LogP contribution in [-0.2, 0) is 14.8 Å². The van der Waals surface area contributed by atoms with E-state index in [9.17, 15) is 26.4 Å². The van der Waals surface area contributed by atoms with Gasteiger partial charge in [0.15, 0.2) is 0 Å².